The summed E-state index contributed by atoms with van der Waals surface area (Å²) in [7, 11) is 0. The quantitative estimate of drug-likeness (QED) is 0.431. The van der Waals surface area contributed by atoms with Gasteiger partial charge in [-0.2, -0.15) is 9.59 Å². The fourth-order valence-electron chi connectivity index (χ4n) is 0.978. The topological polar surface area (TPSA) is 64.1 Å². The summed E-state index contributed by atoms with van der Waals surface area (Å²) in [6.07, 6.45) is 0.250. The van der Waals surface area contributed by atoms with E-state index in [-0.39, 0.29) is 17.3 Å². The van der Waals surface area contributed by atoms with Crippen LogP contribution in [0.1, 0.15) is 37.0 Å². The standard InChI is InChI=1S/C13H15NO.CO2/c1-10-6-5-7-11(14-10)12(15)8-9-13(2,3)4;2-1-3/h5-7H,1-4H3;. The molecule has 1 rings (SSSR count). The number of hydrogen-bond acceptors (Lipinski definition) is 4. The second-order valence-corrected chi connectivity index (χ2v) is 4.58. The van der Waals surface area contributed by atoms with E-state index in [4.69, 9.17) is 9.59 Å². The molecule has 1 aromatic heterocycles. The van der Waals surface area contributed by atoms with E-state index in [1.165, 1.54) is 0 Å². The van der Waals surface area contributed by atoms with Gasteiger partial charge in [0.05, 0.1) is 0 Å². The van der Waals surface area contributed by atoms with Gasteiger partial charge in [0.2, 0.25) is 0 Å². The van der Waals surface area contributed by atoms with Crippen LogP contribution in [-0.4, -0.2) is 16.9 Å². The third kappa shape index (κ3) is 7.10. The lowest BCUT2D eigenvalue weighted by Gasteiger charge is -2.06. The van der Waals surface area contributed by atoms with Crippen LogP contribution in [0.3, 0.4) is 0 Å². The largest absolute Gasteiger partial charge is 0.373 e. The Bertz CT molecular complexity index is 510. The van der Waals surface area contributed by atoms with Crippen LogP contribution in [-0.2, 0) is 9.59 Å². The highest BCUT2D eigenvalue weighted by Gasteiger charge is 2.07. The fourth-order valence-corrected chi connectivity index (χ4v) is 0.978. The summed E-state index contributed by atoms with van der Waals surface area (Å²) in [6.45, 7) is 7.76. The van der Waals surface area contributed by atoms with Crippen molar-refractivity contribution in [3.05, 3.63) is 29.6 Å². The van der Waals surface area contributed by atoms with E-state index in [0.717, 1.165) is 5.69 Å². The summed E-state index contributed by atoms with van der Waals surface area (Å²) in [5, 5.41) is 0. The highest BCUT2D eigenvalue weighted by Crippen LogP contribution is 2.10. The van der Waals surface area contributed by atoms with E-state index in [0.29, 0.717) is 5.69 Å². The van der Waals surface area contributed by atoms with Crippen molar-refractivity contribution < 1.29 is 14.4 Å². The lowest BCUT2D eigenvalue weighted by molar-refractivity contribution is -0.191. The molecule has 4 nitrogen and oxygen atoms in total. The molecular formula is C14H15NO3. The molecule has 18 heavy (non-hydrogen) atoms. The van der Waals surface area contributed by atoms with Gasteiger partial charge in [0.15, 0.2) is 0 Å². The van der Waals surface area contributed by atoms with Gasteiger partial charge in [-0.15, -0.1) is 0 Å². The van der Waals surface area contributed by atoms with E-state index >= 15 is 0 Å². The zero-order chi connectivity index (χ0) is 14.2. The van der Waals surface area contributed by atoms with Crippen LogP contribution in [0.4, 0.5) is 0 Å². The lowest BCUT2D eigenvalue weighted by Crippen LogP contribution is -2.04. The molecule has 0 saturated heterocycles. The van der Waals surface area contributed by atoms with Gasteiger partial charge in [0.25, 0.3) is 5.78 Å². The maximum Gasteiger partial charge on any atom is 0.373 e. The highest BCUT2D eigenvalue weighted by molar-refractivity contribution is 6.07. The van der Waals surface area contributed by atoms with Crippen LogP contribution >= 0.6 is 0 Å². The third-order valence-electron chi connectivity index (χ3n) is 1.67. The molecule has 0 spiro atoms. The van der Waals surface area contributed by atoms with Gasteiger partial charge in [-0.3, -0.25) is 4.79 Å². The zero-order valence-corrected chi connectivity index (χ0v) is 10.9. The Balaban J connectivity index is 0.000000873. The minimum Gasteiger partial charge on any atom is -0.277 e. The Hall–Kier alpha value is -2.24. The first kappa shape index (κ1) is 15.8. The number of pyridine rings is 1. The Labute approximate surface area is 106 Å². The Kier molecular flexibility index (Phi) is 6.27. The van der Waals surface area contributed by atoms with Crippen LogP contribution in [0, 0.1) is 24.2 Å². The lowest BCUT2D eigenvalue weighted by atomic mass is 9.97. The van der Waals surface area contributed by atoms with Crippen LogP contribution in [0.25, 0.3) is 0 Å². The maximum absolute atomic E-state index is 11.6. The zero-order valence-electron chi connectivity index (χ0n) is 10.9. The minimum atomic E-state index is -0.214. The number of hydrogen-bond donors (Lipinski definition) is 0. The molecule has 0 unspecified atom stereocenters. The number of rotatable bonds is 1. The summed E-state index contributed by atoms with van der Waals surface area (Å²) in [6, 6.07) is 5.36. The molecule has 0 aromatic carbocycles. The van der Waals surface area contributed by atoms with Crippen molar-refractivity contribution in [2.24, 2.45) is 5.41 Å². The predicted octanol–water partition coefficient (Wildman–Crippen LogP) is 2.04. The first-order valence-corrected chi connectivity index (χ1v) is 5.30. The number of carbonyl (C=O) groups excluding carboxylic acids is 3. The third-order valence-corrected chi connectivity index (χ3v) is 1.67. The average molecular weight is 245 g/mol. The van der Waals surface area contributed by atoms with Crippen molar-refractivity contribution in [1.29, 1.82) is 0 Å². The van der Waals surface area contributed by atoms with Crippen LogP contribution in [0.2, 0.25) is 0 Å². The molecule has 1 heterocycles. The molecule has 0 aliphatic carbocycles. The summed E-state index contributed by atoms with van der Waals surface area (Å²) < 4.78 is 0. The molecule has 0 fully saturated rings. The number of nitrogens with zero attached hydrogens (tertiary/aromatic N) is 1. The molecule has 0 bridgehead atoms. The van der Waals surface area contributed by atoms with Crippen molar-refractivity contribution in [3.63, 3.8) is 0 Å². The van der Waals surface area contributed by atoms with Gasteiger partial charge in [0, 0.05) is 11.1 Å². The van der Waals surface area contributed by atoms with E-state index in [1.54, 1.807) is 6.07 Å². The summed E-state index contributed by atoms with van der Waals surface area (Å²) >= 11 is 0. The molecule has 0 aliphatic heterocycles. The second kappa shape index (κ2) is 7.16. The summed E-state index contributed by atoms with van der Waals surface area (Å²) in [5.41, 5.74) is 1.10. The number of aromatic nitrogens is 1. The molecular weight excluding hydrogens is 230 g/mol. The van der Waals surface area contributed by atoms with Crippen molar-refractivity contribution in [1.82, 2.24) is 4.98 Å². The molecule has 94 valence electrons. The maximum atomic E-state index is 11.6. The number of carbonyl (C=O) groups is 1. The normalized spacial score (nSPS) is 9.11. The molecule has 0 radical (unpaired) electrons. The highest BCUT2D eigenvalue weighted by atomic mass is 16.2. The molecule has 0 saturated carbocycles. The van der Waals surface area contributed by atoms with Gasteiger partial charge >= 0.3 is 6.15 Å². The van der Waals surface area contributed by atoms with Gasteiger partial charge < -0.3 is 0 Å². The van der Waals surface area contributed by atoms with E-state index < -0.39 is 0 Å². The van der Waals surface area contributed by atoms with Crippen LogP contribution < -0.4 is 0 Å². The first-order chi connectivity index (χ1) is 8.30. The summed E-state index contributed by atoms with van der Waals surface area (Å²) in [4.78, 5) is 32.0. The SMILES string of the molecule is Cc1cccc(C(=O)C#CC(C)(C)C)n1.O=C=O. The Morgan fingerprint density at radius 3 is 2.22 bits per heavy atom. The van der Waals surface area contributed by atoms with Crippen molar-refractivity contribution in [2.75, 3.05) is 0 Å². The fraction of sp³-hybridized carbons (Fsp3) is 0.357. The molecule has 0 N–H and O–H groups in total. The van der Waals surface area contributed by atoms with E-state index in [2.05, 4.69) is 16.8 Å². The van der Waals surface area contributed by atoms with E-state index in [1.807, 2.05) is 39.8 Å². The minimum absolute atomic E-state index is 0.153. The molecule has 0 aliphatic rings. The smallest absolute Gasteiger partial charge is 0.277 e. The van der Waals surface area contributed by atoms with Gasteiger partial charge in [-0.25, -0.2) is 4.98 Å². The van der Waals surface area contributed by atoms with Gasteiger partial charge in [-0.05, 0) is 45.7 Å². The molecule has 0 atom stereocenters. The van der Waals surface area contributed by atoms with Crippen molar-refractivity contribution in [3.8, 4) is 11.8 Å². The number of aryl methyl sites for hydroxylation is 1. The van der Waals surface area contributed by atoms with Crippen molar-refractivity contribution >= 4 is 11.9 Å². The average Bonchev–Trinajstić information content (AvgIpc) is 2.26. The molecule has 1 aromatic rings. The Morgan fingerprint density at radius 1 is 1.22 bits per heavy atom. The Morgan fingerprint density at radius 2 is 1.78 bits per heavy atom. The predicted molar refractivity (Wildman–Crippen MR) is 65.5 cm³/mol. The molecule has 0 amide bonds. The van der Waals surface area contributed by atoms with Crippen molar-refractivity contribution in [2.45, 2.75) is 27.7 Å². The summed E-state index contributed by atoms with van der Waals surface area (Å²) in [5.74, 6) is 5.30. The number of ketones is 1. The second-order valence-electron chi connectivity index (χ2n) is 4.58. The van der Waals surface area contributed by atoms with Gasteiger partial charge in [-0.1, -0.05) is 12.0 Å². The first-order valence-electron chi connectivity index (χ1n) is 5.30. The van der Waals surface area contributed by atoms with Crippen LogP contribution in [0.5, 0.6) is 0 Å². The molecule has 4 heteroatoms. The number of Topliss-reactive ketones (excluding diaryl/α,β-unsaturated/α-hetero) is 1. The van der Waals surface area contributed by atoms with E-state index in [9.17, 15) is 4.79 Å². The van der Waals surface area contributed by atoms with Crippen LogP contribution in [0.15, 0.2) is 18.2 Å². The van der Waals surface area contributed by atoms with Gasteiger partial charge in [0.1, 0.15) is 5.69 Å². The monoisotopic (exact) mass is 245 g/mol.